The summed E-state index contributed by atoms with van der Waals surface area (Å²) in [5.74, 6) is 0.647. The number of benzene rings is 2. The molecule has 0 radical (unpaired) electrons. The summed E-state index contributed by atoms with van der Waals surface area (Å²) >= 11 is 0. The summed E-state index contributed by atoms with van der Waals surface area (Å²) in [7, 11) is 0. The van der Waals surface area contributed by atoms with Crippen molar-refractivity contribution in [2.75, 3.05) is 0 Å². The zero-order valence-corrected chi connectivity index (χ0v) is 20.9. The molecule has 0 bridgehead atoms. The molecule has 0 saturated heterocycles. The minimum atomic E-state index is 0.110. The molecular weight excluding hydrogens is 436 g/mol. The van der Waals surface area contributed by atoms with E-state index in [2.05, 4.69) is 71.0 Å². The topological polar surface area (TPSA) is 81.4 Å². The molecule has 0 saturated carbocycles. The standard InChI is InChI=1S/C28H36N6O/c1-3-5-7-8-12-24-21-33(19-11-6-4-2)28(35)34(24)20-22-15-17-23(18-16-22)25-13-9-10-14-26(25)27-29-31-32-30-27/h9-10,13-18,21H,3-8,11-12,19-20H2,1-2H3,(H,29,30,31,32). The van der Waals surface area contributed by atoms with E-state index in [1.165, 1.54) is 19.3 Å². The molecule has 2 aromatic carbocycles. The van der Waals surface area contributed by atoms with Crippen LogP contribution in [0.3, 0.4) is 0 Å². The van der Waals surface area contributed by atoms with Crippen LogP contribution in [0.25, 0.3) is 22.5 Å². The number of hydrogen-bond donors (Lipinski definition) is 1. The molecule has 0 spiro atoms. The van der Waals surface area contributed by atoms with Crippen molar-refractivity contribution in [2.24, 2.45) is 0 Å². The lowest BCUT2D eigenvalue weighted by Crippen LogP contribution is -2.25. The molecule has 7 nitrogen and oxygen atoms in total. The van der Waals surface area contributed by atoms with E-state index in [9.17, 15) is 4.79 Å². The normalized spacial score (nSPS) is 11.3. The van der Waals surface area contributed by atoms with E-state index in [1.807, 2.05) is 27.3 Å². The van der Waals surface area contributed by atoms with Crippen LogP contribution in [-0.2, 0) is 19.5 Å². The van der Waals surface area contributed by atoms with Crippen molar-refractivity contribution in [3.8, 4) is 22.5 Å². The van der Waals surface area contributed by atoms with Crippen LogP contribution in [0, 0.1) is 0 Å². The fraction of sp³-hybridized carbons (Fsp3) is 0.429. The molecule has 4 rings (SSSR count). The van der Waals surface area contributed by atoms with Crippen LogP contribution >= 0.6 is 0 Å². The lowest BCUT2D eigenvalue weighted by Gasteiger charge is -2.10. The zero-order valence-electron chi connectivity index (χ0n) is 20.9. The lowest BCUT2D eigenvalue weighted by molar-refractivity contribution is 0.572. The van der Waals surface area contributed by atoms with Gasteiger partial charge in [0.1, 0.15) is 0 Å². The SMILES string of the molecule is CCCCCCc1cn(CCCCC)c(=O)n1Cc1ccc(-c2ccccc2-c2nnn[nH]2)cc1. The molecule has 0 aliphatic heterocycles. The molecule has 0 fully saturated rings. The van der Waals surface area contributed by atoms with Crippen LogP contribution in [-0.4, -0.2) is 29.8 Å². The van der Waals surface area contributed by atoms with Crippen molar-refractivity contribution < 1.29 is 0 Å². The first-order valence-corrected chi connectivity index (χ1v) is 12.9. The average molecular weight is 473 g/mol. The number of nitrogens with one attached hydrogen (secondary N) is 1. The first kappa shape index (κ1) is 24.6. The van der Waals surface area contributed by atoms with Gasteiger partial charge in [0.05, 0.1) is 6.54 Å². The van der Waals surface area contributed by atoms with E-state index in [1.54, 1.807) is 0 Å². The monoisotopic (exact) mass is 472 g/mol. The van der Waals surface area contributed by atoms with Gasteiger partial charge in [-0.15, -0.1) is 5.10 Å². The van der Waals surface area contributed by atoms with Crippen LogP contribution in [0.2, 0.25) is 0 Å². The van der Waals surface area contributed by atoms with Crippen LogP contribution in [0.15, 0.2) is 59.5 Å². The van der Waals surface area contributed by atoms with Crippen molar-refractivity contribution in [1.29, 1.82) is 0 Å². The molecular formula is C28H36N6O. The van der Waals surface area contributed by atoms with Crippen LogP contribution in [0.1, 0.15) is 70.1 Å². The summed E-state index contributed by atoms with van der Waals surface area (Å²) in [5.41, 5.74) is 5.49. The Balaban J connectivity index is 1.55. The van der Waals surface area contributed by atoms with E-state index >= 15 is 0 Å². The summed E-state index contributed by atoms with van der Waals surface area (Å²) < 4.78 is 3.89. The fourth-order valence-corrected chi connectivity index (χ4v) is 4.56. The molecule has 1 N–H and O–H groups in total. The lowest BCUT2D eigenvalue weighted by atomic mass is 9.98. The molecule has 0 amide bonds. The van der Waals surface area contributed by atoms with E-state index < -0.39 is 0 Å². The minimum absolute atomic E-state index is 0.110. The van der Waals surface area contributed by atoms with Gasteiger partial charge in [-0.1, -0.05) is 94.5 Å². The van der Waals surface area contributed by atoms with Gasteiger partial charge in [0, 0.05) is 24.0 Å². The number of aromatic amines is 1. The van der Waals surface area contributed by atoms with Gasteiger partial charge < -0.3 is 0 Å². The summed E-state index contributed by atoms with van der Waals surface area (Å²) in [4.78, 5) is 13.2. The number of aryl methyl sites for hydroxylation is 2. The van der Waals surface area contributed by atoms with Crippen LogP contribution in [0.5, 0.6) is 0 Å². The van der Waals surface area contributed by atoms with Crippen LogP contribution < -0.4 is 5.69 Å². The number of H-pyrrole nitrogens is 1. The van der Waals surface area contributed by atoms with Gasteiger partial charge >= 0.3 is 5.69 Å². The maximum absolute atomic E-state index is 13.2. The Kier molecular flexibility index (Phi) is 8.65. The van der Waals surface area contributed by atoms with E-state index in [0.717, 1.165) is 66.6 Å². The highest BCUT2D eigenvalue weighted by Gasteiger charge is 2.13. The van der Waals surface area contributed by atoms with Crippen molar-refractivity contribution >= 4 is 0 Å². The third-order valence-electron chi connectivity index (χ3n) is 6.55. The smallest absolute Gasteiger partial charge is 0.299 e. The first-order valence-electron chi connectivity index (χ1n) is 12.9. The predicted molar refractivity (Wildman–Crippen MR) is 140 cm³/mol. The van der Waals surface area contributed by atoms with Gasteiger partial charge in [-0.2, -0.15) is 0 Å². The third kappa shape index (κ3) is 6.15. The molecule has 35 heavy (non-hydrogen) atoms. The van der Waals surface area contributed by atoms with E-state index in [-0.39, 0.29) is 5.69 Å². The molecule has 2 heterocycles. The minimum Gasteiger partial charge on any atom is -0.299 e. The highest BCUT2D eigenvalue weighted by atomic mass is 16.1. The van der Waals surface area contributed by atoms with Gasteiger partial charge in [-0.05, 0) is 46.4 Å². The Hall–Kier alpha value is -3.48. The molecule has 0 unspecified atom stereocenters. The summed E-state index contributed by atoms with van der Waals surface area (Å²) in [5, 5.41) is 14.4. The number of hydrogen-bond acceptors (Lipinski definition) is 4. The average Bonchev–Trinajstić information content (AvgIpc) is 3.52. The van der Waals surface area contributed by atoms with Crippen molar-refractivity contribution in [2.45, 2.75) is 78.3 Å². The van der Waals surface area contributed by atoms with Gasteiger partial charge in [0.25, 0.3) is 0 Å². The Labute approximate surface area is 207 Å². The first-order chi connectivity index (χ1) is 17.2. The molecule has 7 heteroatoms. The number of tetrazole rings is 1. The molecule has 0 aliphatic rings. The molecule has 0 aliphatic carbocycles. The maximum atomic E-state index is 13.2. The third-order valence-corrected chi connectivity index (χ3v) is 6.55. The Morgan fingerprint density at radius 1 is 0.857 bits per heavy atom. The van der Waals surface area contributed by atoms with Crippen LogP contribution in [0.4, 0.5) is 0 Å². The summed E-state index contributed by atoms with van der Waals surface area (Å²) in [6, 6.07) is 16.5. The molecule has 4 aromatic rings. The quantitative estimate of drug-likeness (QED) is 0.247. The van der Waals surface area contributed by atoms with Crippen molar-refractivity contribution in [1.82, 2.24) is 29.8 Å². The second kappa shape index (κ2) is 12.3. The summed E-state index contributed by atoms with van der Waals surface area (Å²) in [6.07, 6.45) is 11.2. The second-order valence-corrected chi connectivity index (χ2v) is 9.19. The van der Waals surface area contributed by atoms with Gasteiger partial charge in [0.15, 0.2) is 5.82 Å². The molecule has 2 aromatic heterocycles. The Morgan fingerprint density at radius 2 is 1.60 bits per heavy atom. The van der Waals surface area contributed by atoms with E-state index in [4.69, 9.17) is 0 Å². The Morgan fingerprint density at radius 3 is 2.31 bits per heavy atom. The molecule has 184 valence electrons. The predicted octanol–water partition coefficient (Wildman–Crippen LogP) is 5.86. The number of imidazole rings is 1. The van der Waals surface area contributed by atoms with Gasteiger partial charge in [-0.25, -0.2) is 9.89 Å². The highest BCUT2D eigenvalue weighted by molar-refractivity contribution is 5.80. The number of nitrogens with zero attached hydrogens (tertiary/aromatic N) is 5. The van der Waals surface area contributed by atoms with Gasteiger partial charge in [0.2, 0.25) is 0 Å². The Bertz CT molecular complexity index is 1240. The number of rotatable bonds is 13. The highest BCUT2D eigenvalue weighted by Crippen LogP contribution is 2.29. The van der Waals surface area contributed by atoms with Crippen molar-refractivity contribution in [3.63, 3.8) is 0 Å². The number of aromatic nitrogens is 6. The van der Waals surface area contributed by atoms with Gasteiger partial charge in [-0.3, -0.25) is 9.13 Å². The summed E-state index contributed by atoms with van der Waals surface area (Å²) in [6.45, 7) is 5.81. The maximum Gasteiger partial charge on any atom is 0.328 e. The number of unbranched alkanes of at least 4 members (excludes halogenated alkanes) is 5. The zero-order chi connectivity index (χ0) is 24.5. The van der Waals surface area contributed by atoms with Crippen molar-refractivity contribution in [3.05, 3.63) is 76.5 Å². The van der Waals surface area contributed by atoms with E-state index in [0.29, 0.717) is 12.4 Å². The second-order valence-electron chi connectivity index (χ2n) is 9.19. The molecule has 0 atom stereocenters. The largest absolute Gasteiger partial charge is 0.328 e. The fourth-order valence-electron chi connectivity index (χ4n) is 4.56.